The van der Waals surface area contributed by atoms with Gasteiger partial charge in [0.1, 0.15) is 0 Å². The van der Waals surface area contributed by atoms with E-state index in [4.69, 9.17) is 0 Å². The fourth-order valence-corrected chi connectivity index (χ4v) is 5.78. The zero-order valence-electron chi connectivity index (χ0n) is 13.3. The summed E-state index contributed by atoms with van der Waals surface area (Å²) in [6.07, 6.45) is 6.80. The Bertz CT molecular complexity index is 473. The van der Waals surface area contributed by atoms with Crippen molar-refractivity contribution in [3.8, 4) is 0 Å². The Morgan fingerprint density at radius 1 is 0.810 bits per heavy atom. The van der Waals surface area contributed by atoms with Gasteiger partial charge in [0, 0.05) is 0 Å². The van der Waals surface area contributed by atoms with Crippen molar-refractivity contribution >= 4 is 0 Å². The molecule has 4 aliphatic carbocycles. The van der Waals surface area contributed by atoms with Gasteiger partial charge >= 0.3 is 0 Å². The van der Waals surface area contributed by atoms with Crippen molar-refractivity contribution in [1.29, 1.82) is 0 Å². The molecule has 1 heteroatoms. The number of benzene rings is 1. The van der Waals surface area contributed by atoms with Crippen molar-refractivity contribution in [2.45, 2.75) is 58.0 Å². The summed E-state index contributed by atoms with van der Waals surface area (Å²) in [5.41, 5.74) is 2.52. The lowest BCUT2D eigenvalue weighted by Gasteiger charge is -2.55. The molecule has 4 bridgehead atoms. The predicted octanol–water partition coefficient (Wildman–Crippen LogP) is 4.92. The van der Waals surface area contributed by atoms with Gasteiger partial charge in [-0.1, -0.05) is 38.1 Å². The van der Waals surface area contributed by atoms with E-state index in [1.165, 1.54) is 37.7 Å². The molecule has 5 rings (SSSR count). The molecule has 0 aromatic heterocycles. The smallest absolute Gasteiger partial charge is 0.0823 e. The summed E-state index contributed by atoms with van der Waals surface area (Å²) < 4.78 is 0. The van der Waals surface area contributed by atoms with Crippen molar-refractivity contribution in [3.63, 3.8) is 0 Å². The van der Waals surface area contributed by atoms with Crippen LogP contribution < -0.4 is 0 Å². The summed E-state index contributed by atoms with van der Waals surface area (Å²) in [5, 5.41) is 11.0. The molecule has 1 nitrogen and oxygen atoms in total. The minimum atomic E-state index is -0.235. The van der Waals surface area contributed by atoms with Crippen LogP contribution >= 0.6 is 0 Å². The molecule has 4 aliphatic rings. The number of hydrogen-bond donors (Lipinski definition) is 1. The molecule has 0 spiro atoms. The highest BCUT2D eigenvalue weighted by atomic mass is 16.3. The van der Waals surface area contributed by atoms with Crippen LogP contribution in [0, 0.1) is 29.6 Å². The molecule has 0 saturated heterocycles. The minimum Gasteiger partial charge on any atom is -0.388 e. The van der Waals surface area contributed by atoms with Gasteiger partial charge in [0.05, 0.1) is 6.10 Å². The molecule has 1 N–H and O–H groups in total. The van der Waals surface area contributed by atoms with E-state index in [0.29, 0.717) is 11.8 Å². The number of aliphatic hydroxyl groups is 1. The van der Waals surface area contributed by atoms with Crippen LogP contribution in [0.1, 0.15) is 69.1 Å². The molecule has 4 fully saturated rings. The lowest BCUT2D eigenvalue weighted by Crippen LogP contribution is -2.47. The second kappa shape index (κ2) is 5.12. The Hall–Kier alpha value is -0.820. The van der Waals surface area contributed by atoms with Gasteiger partial charge in [-0.2, -0.15) is 0 Å². The van der Waals surface area contributed by atoms with Crippen molar-refractivity contribution in [3.05, 3.63) is 35.4 Å². The zero-order valence-corrected chi connectivity index (χ0v) is 13.3. The summed E-state index contributed by atoms with van der Waals surface area (Å²) in [4.78, 5) is 0. The third-order valence-electron chi connectivity index (χ3n) is 6.61. The second-order valence-corrected chi connectivity index (χ2v) is 8.27. The molecule has 0 aliphatic heterocycles. The van der Waals surface area contributed by atoms with Crippen LogP contribution in [-0.4, -0.2) is 5.11 Å². The number of rotatable bonds is 3. The summed E-state index contributed by atoms with van der Waals surface area (Å²) in [6.45, 7) is 4.45. The van der Waals surface area contributed by atoms with Crippen molar-refractivity contribution in [2.75, 3.05) is 0 Å². The number of aliphatic hydroxyl groups excluding tert-OH is 1. The Labute approximate surface area is 128 Å². The molecule has 1 aromatic rings. The summed E-state index contributed by atoms with van der Waals surface area (Å²) in [6, 6.07) is 8.76. The van der Waals surface area contributed by atoms with Gasteiger partial charge in [0.2, 0.25) is 0 Å². The first-order valence-electron chi connectivity index (χ1n) is 8.89. The van der Waals surface area contributed by atoms with Gasteiger partial charge < -0.3 is 5.11 Å². The summed E-state index contributed by atoms with van der Waals surface area (Å²) >= 11 is 0. The van der Waals surface area contributed by atoms with E-state index >= 15 is 0 Å². The first-order chi connectivity index (χ1) is 10.1. The average Bonchev–Trinajstić information content (AvgIpc) is 2.46. The first-order valence-corrected chi connectivity index (χ1v) is 8.89. The normalized spacial score (nSPS) is 39.0. The third kappa shape index (κ3) is 2.34. The van der Waals surface area contributed by atoms with Crippen LogP contribution in [0.3, 0.4) is 0 Å². The topological polar surface area (TPSA) is 20.2 Å². The van der Waals surface area contributed by atoms with Crippen molar-refractivity contribution < 1.29 is 5.11 Å². The highest BCUT2D eigenvalue weighted by molar-refractivity contribution is 5.27. The van der Waals surface area contributed by atoms with E-state index in [-0.39, 0.29) is 6.10 Å². The summed E-state index contributed by atoms with van der Waals surface area (Å²) in [7, 11) is 0. The molecule has 1 atom stereocenters. The van der Waals surface area contributed by atoms with Gasteiger partial charge in [-0.3, -0.25) is 0 Å². The third-order valence-corrected chi connectivity index (χ3v) is 6.61. The summed E-state index contributed by atoms with van der Waals surface area (Å²) in [5.74, 6) is 4.65. The van der Waals surface area contributed by atoms with Crippen LogP contribution in [0.25, 0.3) is 0 Å². The maximum absolute atomic E-state index is 11.0. The first kappa shape index (κ1) is 13.8. The van der Waals surface area contributed by atoms with Crippen molar-refractivity contribution in [1.82, 2.24) is 0 Å². The molecular weight excluding hydrogens is 256 g/mol. The Kier molecular flexibility index (Phi) is 3.37. The van der Waals surface area contributed by atoms with E-state index in [2.05, 4.69) is 38.1 Å². The van der Waals surface area contributed by atoms with E-state index in [1.54, 1.807) is 0 Å². The van der Waals surface area contributed by atoms with Gasteiger partial charge in [0.25, 0.3) is 0 Å². The van der Waals surface area contributed by atoms with Gasteiger partial charge in [0.15, 0.2) is 0 Å². The molecular formula is C20H28O. The standard InChI is InChI=1S/C20H28O/c1-12(2)15-3-5-16(6-4-15)20(21)19-17-8-13-7-14(10-17)11-18(19)9-13/h3-6,12-14,17-21H,7-11H2,1-2H3. The predicted molar refractivity (Wildman–Crippen MR) is 86.0 cm³/mol. The van der Waals surface area contributed by atoms with Gasteiger partial charge in [-0.15, -0.1) is 0 Å². The fourth-order valence-electron chi connectivity index (χ4n) is 5.78. The molecule has 1 aromatic carbocycles. The highest BCUT2D eigenvalue weighted by Crippen LogP contribution is 2.59. The molecule has 1 unspecified atom stereocenters. The van der Waals surface area contributed by atoms with E-state index in [1.807, 2.05) is 0 Å². The maximum Gasteiger partial charge on any atom is 0.0823 e. The molecule has 21 heavy (non-hydrogen) atoms. The van der Waals surface area contributed by atoms with Gasteiger partial charge in [-0.05, 0) is 78.7 Å². The molecule has 0 radical (unpaired) electrons. The Balaban J connectivity index is 1.55. The Morgan fingerprint density at radius 2 is 1.29 bits per heavy atom. The zero-order chi connectivity index (χ0) is 14.6. The minimum absolute atomic E-state index is 0.235. The molecule has 0 amide bonds. The molecule has 114 valence electrons. The van der Waals surface area contributed by atoms with Crippen molar-refractivity contribution in [2.24, 2.45) is 29.6 Å². The SMILES string of the molecule is CC(C)c1ccc(C(O)C2C3CC4CC(C3)CC2C4)cc1. The van der Waals surface area contributed by atoms with Crippen LogP contribution in [0.4, 0.5) is 0 Å². The quantitative estimate of drug-likeness (QED) is 0.835. The maximum atomic E-state index is 11.0. The largest absolute Gasteiger partial charge is 0.388 e. The molecule has 0 heterocycles. The van der Waals surface area contributed by atoms with Crippen LogP contribution in [0.5, 0.6) is 0 Å². The van der Waals surface area contributed by atoms with Gasteiger partial charge in [-0.25, -0.2) is 0 Å². The monoisotopic (exact) mass is 284 g/mol. The number of hydrogen-bond acceptors (Lipinski definition) is 1. The van der Waals surface area contributed by atoms with Crippen LogP contribution in [0.15, 0.2) is 24.3 Å². The average molecular weight is 284 g/mol. The fraction of sp³-hybridized carbons (Fsp3) is 0.700. The lowest BCUT2D eigenvalue weighted by atomic mass is 9.50. The van der Waals surface area contributed by atoms with Crippen LogP contribution in [-0.2, 0) is 0 Å². The van der Waals surface area contributed by atoms with E-state index < -0.39 is 0 Å². The van der Waals surface area contributed by atoms with E-state index in [9.17, 15) is 5.11 Å². The van der Waals surface area contributed by atoms with E-state index in [0.717, 1.165) is 29.2 Å². The van der Waals surface area contributed by atoms with Crippen LogP contribution in [0.2, 0.25) is 0 Å². The lowest BCUT2D eigenvalue weighted by molar-refractivity contribution is -0.0908. The highest BCUT2D eigenvalue weighted by Gasteiger charge is 2.50. The molecule has 4 saturated carbocycles. The second-order valence-electron chi connectivity index (χ2n) is 8.27. The Morgan fingerprint density at radius 3 is 1.76 bits per heavy atom.